The Morgan fingerprint density at radius 1 is 0.960 bits per heavy atom. The summed E-state index contributed by atoms with van der Waals surface area (Å²) in [5.74, 6) is 4.48. The average molecular weight is 344 g/mol. The van der Waals surface area contributed by atoms with Crippen molar-refractivity contribution < 1.29 is 4.79 Å². The van der Waals surface area contributed by atoms with E-state index < -0.39 is 0 Å². The number of nitrogens with zero attached hydrogens (tertiary/aromatic N) is 1. The molecule has 4 rings (SSSR count). The minimum atomic E-state index is 0.356. The Bertz CT molecular complexity index is 554. The van der Waals surface area contributed by atoms with Gasteiger partial charge < -0.3 is 4.79 Å². The Hall–Kier alpha value is -0.660. The fraction of sp³-hybridized carbons (Fsp3) is 0.913. The maximum Gasteiger partial charge on any atom is 0.141 e. The van der Waals surface area contributed by atoms with E-state index in [1.165, 1.54) is 69.9 Å². The summed E-state index contributed by atoms with van der Waals surface area (Å²) in [7, 11) is 0. The standard InChI is InChI=1S/C23H37NO/c1-16(24-14-15-25)19-9-10-20-18-8-7-17-6-4-5-12-22(17,2)21(18)11-13-23(19,20)3/h15,17-21H,4-14H2,1-3H3. The number of fused-ring (bicyclic) bond motifs is 5. The number of aliphatic imine (C=N–C) groups is 1. The van der Waals surface area contributed by atoms with E-state index in [0.717, 1.165) is 30.0 Å². The summed E-state index contributed by atoms with van der Waals surface area (Å²) in [6.07, 6.45) is 15.4. The Kier molecular flexibility index (Phi) is 4.61. The lowest BCUT2D eigenvalue weighted by Gasteiger charge is -2.60. The van der Waals surface area contributed by atoms with Gasteiger partial charge in [0, 0.05) is 11.6 Å². The van der Waals surface area contributed by atoms with Gasteiger partial charge >= 0.3 is 0 Å². The van der Waals surface area contributed by atoms with Crippen molar-refractivity contribution >= 4 is 12.0 Å². The SMILES string of the molecule is CC(=NCC=O)C1CCC2C3CCC4CCCCC4(C)C3CCC12C. The molecule has 0 amide bonds. The van der Waals surface area contributed by atoms with E-state index in [4.69, 9.17) is 0 Å². The van der Waals surface area contributed by atoms with E-state index >= 15 is 0 Å². The Labute approximate surface area is 154 Å². The highest BCUT2D eigenvalue weighted by atomic mass is 16.1. The number of rotatable bonds is 3. The van der Waals surface area contributed by atoms with Gasteiger partial charge in [0.15, 0.2) is 0 Å². The lowest BCUT2D eigenvalue weighted by Crippen LogP contribution is -2.53. The molecule has 0 aromatic carbocycles. The van der Waals surface area contributed by atoms with Crippen LogP contribution in [0.5, 0.6) is 0 Å². The molecule has 0 radical (unpaired) electrons. The number of carbonyl (C=O) groups excluding carboxylic acids is 1. The predicted molar refractivity (Wildman–Crippen MR) is 104 cm³/mol. The molecular weight excluding hydrogens is 306 g/mol. The molecule has 0 aliphatic heterocycles. The topological polar surface area (TPSA) is 29.4 Å². The zero-order valence-corrected chi connectivity index (χ0v) is 16.6. The van der Waals surface area contributed by atoms with Crippen molar-refractivity contribution in [2.24, 2.45) is 45.4 Å². The number of aldehydes is 1. The van der Waals surface area contributed by atoms with Crippen LogP contribution in [0, 0.1) is 40.4 Å². The Morgan fingerprint density at radius 3 is 2.56 bits per heavy atom. The first-order chi connectivity index (χ1) is 12.0. The molecule has 25 heavy (non-hydrogen) atoms. The smallest absolute Gasteiger partial charge is 0.141 e. The molecule has 0 spiro atoms. The van der Waals surface area contributed by atoms with E-state index in [2.05, 4.69) is 25.8 Å². The van der Waals surface area contributed by atoms with Crippen LogP contribution in [0.1, 0.15) is 85.0 Å². The second-order valence-corrected chi connectivity index (χ2v) is 10.2. The van der Waals surface area contributed by atoms with Crippen LogP contribution in [-0.4, -0.2) is 18.5 Å². The molecular formula is C23H37NO. The van der Waals surface area contributed by atoms with E-state index in [0.29, 0.717) is 23.3 Å². The van der Waals surface area contributed by atoms with Gasteiger partial charge in [-0.05, 0) is 92.8 Å². The van der Waals surface area contributed by atoms with Crippen molar-refractivity contribution in [1.29, 1.82) is 0 Å². The molecule has 0 aromatic heterocycles. The van der Waals surface area contributed by atoms with E-state index in [-0.39, 0.29) is 0 Å². The van der Waals surface area contributed by atoms with Gasteiger partial charge in [-0.3, -0.25) is 4.99 Å². The Balaban J connectivity index is 1.58. The summed E-state index contributed by atoms with van der Waals surface area (Å²) in [5.41, 5.74) is 2.34. The lowest BCUT2D eigenvalue weighted by molar-refractivity contribution is -0.107. The van der Waals surface area contributed by atoms with Crippen molar-refractivity contribution in [1.82, 2.24) is 0 Å². The normalized spacial score (nSPS) is 49.9. The van der Waals surface area contributed by atoms with Gasteiger partial charge in [0.2, 0.25) is 0 Å². The third kappa shape index (κ3) is 2.65. The van der Waals surface area contributed by atoms with Gasteiger partial charge in [-0.2, -0.15) is 0 Å². The fourth-order valence-corrected chi connectivity index (χ4v) is 8.27. The van der Waals surface area contributed by atoms with Gasteiger partial charge in [-0.25, -0.2) is 0 Å². The Morgan fingerprint density at radius 2 is 1.76 bits per heavy atom. The zero-order valence-electron chi connectivity index (χ0n) is 16.6. The number of carbonyl (C=O) groups is 1. The van der Waals surface area contributed by atoms with Crippen LogP contribution in [0.3, 0.4) is 0 Å². The van der Waals surface area contributed by atoms with Crippen LogP contribution in [0.25, 0.3) is 0 Å². The first kappa shape index (κ1) is 17.7. The highest BCUT2D eigenvalue weighted by molar-refractivity contribution is 5.86. The fourth-order valence-electron chi connectivity index (χ4n) is 8.27. The first-order valence-electron chi connectivity index (χ1n) is 11.0. The summed E-state index contributed by atoms with van der Waals surface area (Å²) >= 11 is 0. The molecule has 0 N–H and O–H groups in total. The molecule has 2 nitrogen and oxygen atoms in total. The van der Waals surface area contributed by atoms with Gasteiger partial charge in [0.1, 0.15) is 6.29 Å². The van der Waals surface area contributed by atoms with Gasteiger partial charge in [-0.1, -0.05) is 26.7 Å². The molecule has 4 fully saturated rings. The number of hydrogen-bond donors (Lipinski definition) is 0. The zero-order chi connectivity index (χ0) is 17.7. The molecule has 7 atom stereocenters. The molecule has 4 aliphatic carbocycles. The lowest BCUT2D eigenvalue weighted by atomic mass is 9.45. The number of hydrogen-bond acceptors (Lipinski definition) is 2. The molecule has 4 aliphatic rings. The summed E-state index contributed by atoms with van der Waals surface area (Å²) < 4.78 is 0. The monoisotopic (exact) mass is 343 g/mol. The van der Waals surface area contributed by atoms with E-state index in [9.17, 15) is 4.79 Å². The molecule has 0 saturated heterocycles. The molecule has 7 unspecified atom stereocenters. The van der Waals surface area contributed by atoms with E-state index in [1.807, 2.05) is 0 Å². The second-order valence-electron chi connectivity index (χ2n) is 10.2. The maximum absolute atomic E-state index is 10.7. The van der Waals surface area contributed by atoms with Crippen molar-refractivity contribution in [3.8, 4) is 0 Å². The summed E-state index contributed by atoms with van der Waals surface area (Å²) in [5, 5.41) is 0. The molecule has 4 saturated carbocycles. The third-order valence-electron chi connectivity index (χ3n) is 9.50. The van der Waals surface area contributed by atoms with Crippen LogP contribution >= 0.6 is 0 Å². The molecule has 0 aromatic rings. The predicted octanol–water partition coefficient (Wildman–Crippen LogP) is 5.70. The molecule has 2 heteroatoms. The summed E-state index contributed by atoms with van der Waals surface area (Å²) in [6, 6.07) is 0. The molecule has 0 heterocycles. The summed E-state index contributed by atoms with van der Waals surface area (Å²) in [6.45, 7) is 7.78. The second kappa shape index (κ2) is 6.50. The van der Waals surface area contributed by atoms with Crippen molar-refractivity contribution in [2.75, 3.05) is 6.54 Å². The van der Waals surface area contributed by atoms with E-state index in [1.54, 1.807) is 0 Å². The van der Waals surface area contributed by atoms with Gasteiger partial charge in [0.05, 0.1) is 6.54 Å². The maximum atomic E-state index is 10.7. The van der Waals surface area contributed by atoms with Crippen molar-refractivity contribution in [2.45, 2.75) is 85.0 Å². The van der Waals surface area contributed by atoms with Crippen LogP contribution in [-0.2, 0) is 4.79 Å². The van der Waals surface area contributed by atoms with Gasteiger partial charge in [0.25, 0.3) is 0 Å². The largest absolute Gasteiger partial charge is 0.301 e. The average Bonchev–Trinajstić information content (AvgIpc) is 2.96. The van der Waals surface area contributed by atoms with Crippen LogP contribution in [0.15, 0.2) is 4.99 Å². The van der Waals surface area contributed by atoms with Crippen LogP contribution in [0.2, 0.25) is 0 Å². The van der Waals surface area contributed by atoms with Crippen molar-refractivity contribution in [3.63, 3.8) is 0 Å². The van der Waals surface area contributed by atoms with Gasteiger partial charge in [-0.15, -0.1) is 0 Å². The molecule has 140 valence electrons. The highest BCUT2D eigenvalue weighted by Gasteiger charge is 2.59. The highest BCUT2D eigenvalue weighted by Crippen LogP contribution is 2.67. The third-order valence-corrected chi connectivity index (χ3v) is 9.50. The minimum Gasteiger partial charge on any atom is -0.301 e. The summed E-state index contributed by atoms with van der Waals surface area (Å²) in [4.78, 5) is 15.3. The minimum absolute atomic E-state index is 0.356. The first-order valence-corrected chi connectivity index (χ1v) is 11.0. The van der Waals surface area contributed by atoms with Crippen LogP contribution in [0.4, 0.5) is 0 Å². The van der Waals surface area contributed by atoms with Crippen molar-refractivity contribution in [3.05, 3.63) is 0 Å². The van der Waals surface area contributed by atoms with Crippen LogP contribution < -0.4 is 0 Å². The quantitative estimate of drug-likeness (QED) is 0.478. The molecule has 0 bridgehead atoms.